The molecule has 0 unspecified atom stereocenters. The van der Waals surface area contributed by atoms with Crippen molar-refractivity contribution in [2.45, 2.75) is 26.3 Å². The van der Waals surface area contributed by atoms with Gasteiger partial charge in [0.25, 0.3) is 0 Å². The van der Waals surface area contributed by atoms with E-state index in [1.54, 1.807) is 0 Å². The van der Waals surface area contributed by atoms with Crippen molar-refractivity contribution in [3.05, 3.63) is 59.3 Å². The van der Waals surface area contributed by atoms with Gasteiger partial charge in [0.15, 0.2) is 0 Å². The molecule has 2 aromatic rings. The second kappa shape index (κ2) is 5.48. The van der Waals surface area contributed by atoms with E-state index in [0.29, 0.717) is 5.84 Å². The molecule has 3 rings (SSSR count). The van der Waals surface area contributed by atoms with E-state index in [4.69, 9.17) is 11.6 Å². The van der Waals surface area contributed by atoms with Gasteiger partial charge in [-0.2, -0.15) is 5.10 Å². The Morgan fingerprint density at radius 3 is 2.95 bits per heavy atom. The molecule has 0 radical (unpaired) electrons. The Hall–Kier alpha value is -2.49. The normalized spacial score (nSPS) is 16.0. The minimum atomic E-state index is 0.360. The molecule has 108 valence electrons. The maximum absolute atomic E-state index is 5.76. The van der Waals surface area contributed by atoms with Gasteiger partial charge >= 0.3 is 0 Å². The molecule has 0 amide bonds. The fraction of sp³-hybridized carbons (Fsp3) is 0.235. The first-order chi connectivity index (χ1) is 10.2. The van der Waals surface area contributed by atoms with E-state index in [9.17, 15) is 0 Å². The number of aromatic nitrogens is 1. The van der Waals surface area contributed by atoms with Gasteiger partial charge in [-0.3, -0.25) is 0 Å². The highest BCUT2D eigenvalue weighted by atomic mass is 15.2. The van der Waals surface area contributed by atoms with Gasteiger partial charge in [0, 0.05) is 29.2 Å². The first kappa shape index (κ1) is 13.5. The summed E-state index contributed by atoms with van der Waals surface area (Å²) in [6, 6.07) is 8.16. The fourth-order valence-electron chi connectivity index (χ4n) is 2.77. The summed E-state index contributed by atoms with van der Waals surface area (Å²) in [7, 11) is 0. The molecular weight excluding hydrogens is 260 g/mol. The quantitative estimate of drug-likeness (QED) is 0.393. The number of amidine groups is 1. The molecule has 0 aliphatic heterocycles. The van der Waals surface area contributed by atoms with Crippen molar-refractivity contribution < 1.29 is 0 Å². The highest BCUT2D eigenvalue weighted by Gasteiger charge is 2.08. The van der Waals surface area contributed by atoms with Crippen molar-refractivity contribution in [1.82, 2.24) is 4.57 Å². The zero-order valence-corrected chi connectivity index (χ0v) is 12.2. The summed E-state index contributed by atoms with van der Waals surface area (Å²) in [5.74, 6) is 5.60. The number of benzene rings is 1. The molecule has 4 nitrogen and oxygen atoms in total. The summed E-state index contributed by atoms with van der Waals surface area (Å²) in [5.41, 5.74) is 10.7. The minimum absolute atomic E-state index is 0.360. The van der Waals surface area contributed by atoms with Gasteiger partial charge in [-0.1, -0.05) is 17.7 Å². The van der Waals surface area contributed by atoms with Crippen LogP contribution in [0, 0.1) is 0 Å². The van der Waals surface area contributed by atoms with E-state index in [0.717, 1.165) is 23.9 Å². The van der Waals surface area contributed by atoms with Gasteiger partial charge in [0.1, 0.15) is 5.84 Å². The molecule has 0 bridgehead atoms. The van der Waals surface area contributed by atoms with E-state index in [1.165, 1.54) is 23.1 Å². The number of nitrogens with two attached hydrogens (primary N) is 2. The van der Waals surface area contributed by atoms with Crippen LogP contribution in [0.1, 0.15) is 25.3 Å². The van der Waals surface area contributed by atoms with Crippen molar-refractivity contribution in [3.8, 4) is 0 Å². The number of nitrogens with zero attached hydrogens (tertiary/aromatic N) is 2. The average molecular weight is 280 g/mol. The van der Waals surface area contributed by atoms with Crippen LogP contribution >= 0.6 is 0 Å². The van der Waals surface area contributed by atoms with Crippen LogP contribution in [0.2, 0.25) is 0 Å². The maximum Gasteiger partial charge on any atom is 0.150 e. The van der Waals surface area contributed by atoms with Crippen molar-refractivity contribution >= 4 is 16.7 Å². The topological polar surface area (TPSA) is 69.3 Å². The van der Waals surface area contributed by atoms with Crippen LogP contribution < -0.4 is 11.6 Å². The standard InChI is InChI=1S/C17H20N4/c1-12-4-2-3-5-15(12)11-21-9-8-13-10-14(17(18)20-19)6-7-16(13)21/h3,5-10H,2,4,11,19H2,1H3,(H2,18,20). The lowest BCUT2D eigenvalue weighted by Crippen LogP contribution is -2.15. The molecule has 4 N–H and O–H groups in total. The van der Waals surface area contributed by atoms with Crippen molar-refractivity contribution in [1.29, 1.82) is 0 Å². The molecule has 4 heteroatoms. The molecule has 1 aliphatic rings. The molecule has 0 saturated carbocycles. The molecule has 0 atom stereocenters. The Morgan fingerprint density at radius 2 is 2.19 bits per heavy atom. The van der Waals surface area contributed by atoms with Crippen molar-refractivity contribution in [2.24, 2.45) is 16.7 Å². The number of hydrogen-bond donors (Lipinski definition) is 2. The largest absolute Gasteiger partial charge is 0.382 e. The third kappa shape index (κ3) is 2.57. The second-order valence-electron chi connectivity index (χ2n) is 5.48. The molecule has 0 spiro atoms. The zero-order valence-electron chi connectivity index (χ0n) is 12.2. The van der Waals surface area contributed by atoms with E-state index in [-0.39, 0.29) is 0 Å². The van der Waals surface area contributed by atoms with Crippen LogP contribution in [0.3, 0.4) is 0 Å². The van der Waals surface area contributed by atoms with Gasteiger partial charge in [-0.25, -0.2) is 0 Å². The fourth-order valence-corrected chi connectivity index (χ4v) is 2.77. The third-order valence-corrected chi connectivity index (χ3v) is 4.10. The van der Waals surface area contributed by atoms with Crippen LogP contribution in [0.5, 0.6) is 0 Å². The van der Waals surface area contributed by atoms with Gasteiger partial charge in [0.2, 0.25) is 0 Å². The SMILES string of the molecule is CC1=C(Cn2ccc3cc(/C(N)=N/N)ccc32)C=CCC1. The lowest BCUT2D eigenvalue weighted by molar-refractivity contribution is 0.799. The molecule has 1 aromatic carbocycles. The zero-order chi connectivity index (χ0) is 14.8. The minimum Gasteiger partial charge on any atom is -0.382 e. The van der Waals surface area contributed by atoms with Gasteiger partial charge < -0.3 is 16.1 Å². The van der Waals surface area contributed by atoms with Gasteiger partial charge in [0.05, 0.1) is 0 Å². The summed E-state index contributed by atoms with van der Waals surface area (Å²) < 4.78 is 2.27. The Balaban J connectivity index is 1.96. The number of fused-ring (bicyclic) bond motifs is 1. The number of rotatable bonds is 3. The van der Waals surface area contributed by atoms with E-state index >= 15 is 0 Å². The first-order valence-electron chi connectivity index (χ1n) is 7.17. The molecule has 1 heterocycles. The third-order valence-electron chi connectivity index (χ3n) is 4.10. The van der Waals surface area contributed by atoms with Crippen LogP contribution in [0.4, 0.5) is 0 Å². The Morgan fingerprint density at radius 1 is 1.33 bits per heavy atom. The Kier molecular flexibility index (Phi) is 3.52. The Bertz CT molecular complexity index is 762. The second-order valence-corrected chi connectivity index (χ2v) is 5.48. The number of hydrazone groups is 1. The van der Waals surface area contributed by atoms with E-state index in [1.807, 2.05) is 12.1 Å². The summed E-state index contributed by atoms with van der Waals surface area (Å²) in [5, 5.41) is 4.70. The van der Waals surface area contributed by atoms with Crippen LogP contribution in [-0.4, -0.2) is 10.4 Å². The molecule has 0 saturated heterocycles. The van der Waals surface area contributed by atoms with E-state index in [2.05, 4.69) is 47.1 Å². The summed E-state index contributed by atoms with van der Waals surface area (Å²) in [6.07, 6.45) is 8.94. The molecule has 21 heavy (non-hydrogen) atoms. The summed E-state index contributed by atoms with van der Waals surface area (Å²) in [6.45, 7) is 3.13. The Labute approximate surface area is 124 Å². The van der Waals surface area contributed by atoms with Crippen LogP contribution in [0.25, 0.3) is 10.9 Å². The molecule has 1 aliphatic carbocycles. The summed E-state index contributed by atoms with van der Waals surface area (Å²) >= 11 is 0. The predicted molar refractivity (Wildman–Crippen MR) is 87.9 cm³/mol. The first-order valence-corrected chi connectivity index (χ1v) is 7.17. The number of hydrogen-bond acceptors (Lipinski definition) is 2. The summed E-state index contributed by atoms with van der Waals surface area (Å²) in [4.78, 5) is 0. The van der Waals surface area contributed by atoms with Crippen molar-refractivity contribution in [2.75, 3.05) is 0 Å². The van der Waals surface area contributed by atoms with Gasteiger partial charge in [-0.15, -0.1) is 0 Å². The monoisotopic (exact) mass is 280 g/mol. The van der Waals surface area contributed by atoms with Crippen LogP contribution in [-0.2, 0) is 6.54 Å². The predicted octanol–water partition coefficient (Wildman–Crippen LogP) is 2.89. The lowest BCUT2D eigenvalue weighted by Gasteiger charge is -2.14. The average Bonchev–Trinajstić information content (AvgIpc) is 2.91. The highest BCUT2D eigenvalue weighted by molar-refractivity contribution is 6.00. The van der Waals surface area contributed by atoms with Gasteiger partial charge in [-0.05, 0) is 49.6 Å². The lowest BCUT2D eigenvalue weighted by atomic mass is 9.99. The number of allylic oxidation sites excluding steroid dienone is 4. The molecular formula is C17H20N4. The molecule has 0 fully saturated rings. The smallest absolute Gasteiger partial charge is 0.150 e. The van der Waals surface area contributed by atoms with E-state index < -0.39 is 0 Å². The van der Waals surface area contributed by atoms with Crippen LogP contribution in [0.15, 0.2) is 58.9 Å². The molecule has 1 aromatic heterocycles. The maximum atomic E-state index is 5.76. The highest BCUT2D eigenvalue weighted by Crippen LogP contribution is 2.23. The van der Waals surface area contributed by atoms with Crippen molar-refractivity contribution in [3.63, 3.8) is 0 Å².